The molecule has 0 aromatic carbocycles. The van der Waals surface area contributed by atoms with Crippen LogP contribution >= 0.6 is 6.83 Å². The number of methoxy groups -OCH3 is 1. The predicted molar refractivity (Wildman–Crippen MR) is 110 cm³/mol. The summed E-state index contributed by atoms with van der Waals surface area (Å²) < 4.78 is 104. The summed E-state index contributed by atoms with van der Waals surface area (Å²) in [5, 5.41) is 0. The molecule has 188 valence electrons. The van der Waals surface area contributed by atoms with Gasteiger partial charge in [0, 0.05) is 0 Å². The van der Waals surface area contributed by atoms with Crippen molar-refractivity contribution in [3.63, 3.8) is 0 Å². The first-order valence-corrected chi connectivity index (χ1v) is 13.6. The van der Waals surface area contributed by atoms with Gasteiger partial charge in [0.2, 0.25) is 0 Å². The van der Waals surface area contributed by atoms with E-state index in [1.165, 1.54) is 7.11 Å². The number of hydrogen-bond acceptors (Lipinski definition) is 3. The number of unbranched alkanes of at least 4 members (excludes halogenated alkanes) is 3. The second-order valence-corrected chi connectivity index (χ2v) is 13.9. The van der Waals surface area contributed by atoms with Crippen LogP contribution in [0.1, 0.15) is 66.2 Å². The van der Waals surface area contributed by atoms with Crippen molar-refractivity contribution in [2.24, 2.45) is 0 Å². The van der Waals surface area contributed by atoms with Crippen LogP contribution < -0.4 is 0 Å². The SMILES string of the molecule is CCCCP(CCCC)(CCCC)(CC(C)OC)OC(=O)C(F)(F)C(F)(F)C(F)(F)F. The molecule has 0 aliphatic heterocycles. The number of halogens is 7. The molecule has 11 heteroatoms. The minimum absolute atomic E-state index is 0.0432. The van der Waals surface area contributed by atoms with Crippen LogP contribution in [0.25, 0.3) is 0 Å². The number of carbonyl (C=O) groups is 1. The Balaban J connectivity index is 6.57. The normalized spacial score (nSPS) is 15.9. The summed E-state index contributed by atoms with van der Waals surface area (Å²) in [6.45, 7) is 3.17. The number of rotatable bonds is 15. The molecule has 1 unspecified atom stereocenters. The molecule has 0 amide bonds. The maximum absolute atomic E-state index is 14.2. The zero-order chi connectivity index (χ0) is 24.6. The first kappa shape index (κ1) is 30.4. The summed E-state index contributed by atoms with van der Waals surface area (Å²) in [7, 11) is 1.38. The Morgan fingerprint density at radius 1 is 0.839 bits per heavy atom. The molecule has 0 aromatic rings. The van der Waals surface area contributed by atoms with Crippen LogP contribution in [0.3, 0.4) is 0 Å². The zero-order valence-corrected chi connectivity index (χ0v) is 19.9. The van der Waals surface area contributed by atoms with Crippen LogP contribution in [0.15, 0.2) is 0 Å². The van der Waals surface area contributed by atoms with Gasteiger partial charge in [-0.15, -0.1) is 0 Å². The van der Waals surface area contributed by atoms with E-state index in [9.17, 15) is 35.5 Å². The molecule has 0 heterocycles. The molecule has 0 rings (SSSR count). The number of alkyl halides is 7. The Kier molecular flexibility index (Phi) is 11.3. The van der Waals surface area contributed by atoms with E-state index in [1.807, 2.05) is 20.8 Å². The summed E-state index contributed by atoms with van der Waals surface area (Å²) in [5.74, 6) is -15.4. The van der Waals surface area contributed by atoms with E-state index in [0.717, 1.165) is 0 Å². The van der Waals surface area contributed by atoms with Gasteiger partial charge >= 0.3 is 180 Å². The van der Waals surface area contributed by atoms with Gasteiger partial charge in [-0.2, -0.15) is 0 Å². The standard InChI is InChI=1S/C20H36F7O3P/c1-6-9-12-31(13-10-7-2,14-11-8-3,15-16(4)29-5)30-17(28)18(21,22)19(23,24)20(25,26)27/h16H,6-15H2,1-5H3. The molecule has 0 radical (unpaired) electrons. The van der Waals surface area contributed by atoms with E-state index >= 15 is 0 Å². The number of hydrogen-bond donors (Lipinski definition) is 0. The third kappa shape index (κ3) is 7.18. The maximum atomic E-state index is 14.2. The van der Waals surface area contributed by atoms with E-state index < -0.39 is 36.9 Å². The topological polar surface area (TPSA) is 35.5 Å². The first-order chi connectivity index (χ1) is 14.1. The van der Waals surface area contributed by atoms with Crippen molar-refractivity contribution >= 4 is 12.8 Å². The molecule has 0 aliphatic rings. The quantitative estimate of drug-likeness (QED) is 0.180. The van der Waals surface area contributed by atoms with Gasteiger partial charge in [0.15, 0.2) is 0 Å². The van der Waals surface area contributed by atoms with E-state index in [0.29, 0.717) is 38.5 Å². The van der Waals surface area contributed by atoms with Crippen LogP contribution in [0, 0.1) is 0 Å². The van der Waals surface area contributed by atoms with Gasteiger partial charge in [-0.05, 0) is 0 Å². The average Bonchev–Trinajstić information content (AvgIpc) is 2.68. The molecule has 0 fully saturated rings. The third-order valence-electron chi connectivity index (χ3n) is 5.70. The fourth-order valence-corrected chi connectivity index (χ4v) is 10.7. The Hall–Kier alpha value is -0.630. The summed E-state index contributed by atoms with van der Waals surface area (Å²) in [4.78, 5) is 12.4. The Morgan fingerprint density at radius 3 is 1.52 bits per heavy atom. The molecule has 0 N–H and O–H groups in total. The Morgan fingerprint density at radius 2 is 1.23 bits per heavy atom. The van der Waals surface area contributed by atoms with Crippen LogP contribution in [0.5, 0.6) is 0 Å². The molecule has 1 atom stereocenters. The molecule has 0 aromatic heterocycles. The van der Waals surface area contributed by atoms with Crippen molar-refractivity contribution in [3.05, 3.63) is 0 Å². The monoisotopic (exact) mass is 488 g/mol. The molecular formula is C20H36F7O3P. The minimum atomic E-state index is -6.60. The predicted octanol–water partition coefficient (Wildman–Crippen LogP) is 7.27. The molecular weight excluding hydrogens is 452 g/mol. The van der Waals surface area contributed by atoms with Gasteiger partial charge < -0.3 is 0 Å². The van der Waals surface area contributed by atoms with Gasteiger partial charge in [0.25, 0.3) is 0 Å². The zero-order valence-electron chi connectivity index (χ0n) is 19.0. The van der Waals surface area contributed by atoms with E-state index in [4.69, 9.17) is 9.26 Å². The van der Waals surface area contributed by atoms with E-state index in [1.54, 1.807) is 6.92 Å². The first-order valence-electron chi connectivity index (χ1n) is 10.7. The summed E-state index contributed by atoms with van der Waals surface area (Å²) in [5.41, 5.74) is 0. The summed E-state index contributed by atoms with van der Waals surface area (Å²) >= 11 is 0. The van der Waals surface area contributed by atoms with E-state index in [-0.39, 0.29) is 24.6 Å². The fraction of sp³-hybridized carbons (Fsp3) is 0.950. The van der Waals surface area contributed by atoms with Crippen molar-refractivity contribution < 1.29 is 44.8 Å². The molecule has 0 saturated carbocycles. The van der Waals surface area contributed by atoms with Gasteiger partial charge in [-0.3, -0.25) is 0 Å². The van der Waals surface area contributed by atoms with Gasteiger partial charge in [-0.1, -0.05) is 0 Å². The molecule has 0 aliphatic carbocycles. The van der Waals surface area contributed by atoms with Gasteiger partial charge in [-0.25, -0.2) is 0 Å². The van der Waals surface area contributed by atoms with Crippen molar-refractivity contribution in [3.8, 4) is 0 Å². The van der Waals surface area contributed by atoms with Crippen molar-refractivity contribution in [2.75, 3.05) is 31.8 Å². The van der Waals surface area contributed by atoms with Crippen LogP contribution in [0.4, 0.5) is 30.7 Å². The third-order valence-corrected chi connectivity index (χ3v) is 12.2. The average molecular weight is 488 g/mol. The molecule has 31 heavy (non-hydrogen) atoms. The Labute approximate surface area is 180 Å². The summed E-state index contributed by atoms with van der Waals surface area (Å²) in [6.07, 6.45) is -3.28. The van der Waals surface area contributed by atoms with Crippen LogP contribution in [0.2, 0.25) is 0 Å². The van der Waals surface area contributed by atoms with Crippen molar-refractivity contribution in [1.82, 2.24) is 0 Å². The fourth-order valence-electron chi connectivity index (χ4n) is 3.78. The summed E-state index contributed by atoms with van der Waals surface area (Å²) in [6, 6.07) is 0. The molecule has 0 spiro atoms. The van der Waals surface area contributed by atoms with Crippen LogP contribution in [-0.4, -0.2) is 61.9 Å². The van der Waals surface area contributed by atoms with Crippen molar-refractivity contribution in [1.29, 1.82) is 0 Å². The van der Waals surface area contributed by atoms with Crippen LogP contribution in [-0.2, 0) is 14.1 Å². The second-order valence-electron chi connectivity index (χ2n) is 8.34. The molecule has 0 saturated heterocycles. The number of carbonyl (C=O) groups excluding carboxylic acids is 1. The van der Waals surface area contributed by atoms with Gasteiger partial charge in [0.05, 0.1) is 0 Å². The van der Waals surface area contributed by atoms with Gasteiger partial charge in [0.1, 0.15) is 0 Å². The Bertz CT molecular complexity index is 543. The van der Waals surface area contributed by atoms with Crippen molar-refractivity contribution in [2.45, 2.75) is 90.3 Å². The molecule has 0 bridgehead atoms. The van der Waals surface area contributed by atoms with E-state index in [2.05, 4.69) is 0 Å². The second kappa shape index (κ2) is 11.5. The molecule has 3 nitrogen and oxygen atoms in total. The number of ether oxygens (including phenoxy) is 1.